The Labute approximate surface area is 122 Å². The Kier molecular flexibility index (Phi) is 4.48. The summed E-state index contributed by atoms with van der Waals surface area (Å²) >= 11 is 0.905. The molecule has 0 bridgehead atoms. The fraction of sp³-hybridized carbons (Fsp3) is 0.273. The molecular weight excluding hydrogens is 300 g/mol. The fourth-order valence-electron chi connectivity index (χ4n) is 1.54. The molecule has 0 spiro atoms. The van der Waals surface area contributed by atoms with Crippen LogP contribution in [0.3, 0.4) is 0 Å². The van der Waals surface area contributed by atoms with Crippen molar-refractivity contribution in [2.24, 2.45) is 0 Å². The van der Waals surface area contributed by atoms with E-state index < -0.39 is 9.85 Å². The van der Waals surface area contributed by atoms with Crippen LogP contribution in [0.1, 0.15) is 19.2 Å². The molecule has 1 heterocycles. The smallest absolute Gasteiger partial charge is 0.290 e. The van der Waals surface area contributed by atoms with Crippen molar-refractivity contribution in [2.75, 3.05) is 0 Å². The van der Waals surface area contributed by atoms with Crippen molar-refractivity contribution < 1.29 is 14.3 Å². The number of non-ortho nitro benzene ring substituents is 1. The summed E-state index contributed by atoms with van der Waals surface area (Å²) in [5.74, 6) is 0.449. The van der Waals surface area contributed by atoms with Crippen molar-refractivity contribution in [1.82, 2.24) is 10.2 Å². The van der Waals surface area contributed by atoms with Crippen LogP contribution in [0.4, 0.5) is 11.4 Å². The van der Waals surface area contributed by atoms with Crippen molar-refractivity contribution >= 4 is 23.1 Å². The van der Waals surface area contributed by atoms with Crippen molar-refractivity contribution in [3.63, 3.8) is 0 Å². The van der Waals surface area contributed by atoms with E-state index in [1.165, 1.54) is 12.1 Å². The van der Waals surface area contributed by atoms with Gasteiger partial charge in [0.05, 0.1) is 20.8 Å². The highest BCUT2D eigenvalue weighted by molar-refractivity contribution is 7.99. The Hall–Kier alpha value is -2.49. The Morgan fingerprint density at radius 1 is 1.24 bits per heavy atom. The maximum Gasteiger partial charge on any atom is 0.290 e. The van der Waals surface area contributed by atoms with Gasteiger partial charge in [-0.1, -0.05) is 6.92 Å². The Morgan fingerprint density at radius 2 is 2.00 bits per heavy atom. The molecule has 0 fully saturated rings. The summed E-state index contributed by atoms with van der Waals surface area (Å²) in [6, 6.07) is 3.40. The van der Waals surface area contributed by atoms with Gasteiger partial charge >= 0.3 is 0 Å². The topological polar surface area (TPSA) is 125 Å². The summed E-state index contributed by atoms with van der Waals surface area (Å²) in [5.41, 5.74) is -0.715. The van der Waals surface area contributed by atoms with Crippen molar-refractivity contribution in [3.05, 3.63) is 44.3 Å². The minimum atomic E-state index is -0.687. The second-order valence-corrected chi connectivity index (χ2v) is 4.97. The Morgan fingerprint density at radius 3 is 2.62 bits per heavy atom. The molecule has 0 unspecified atom stereocenters. The van der Waals surface area contributed by atoms with Gasteiger partial charge in [0.2, 0.25) is 5.89 Å². The molecule has 0 amide bonds. The molecular formula is C11H10N4O5S. The molecule has 0 saturated carbocycles. The van der Waals surface area contributed by atoms with Gasteiger partial charge < -0.3 is 4.42 Å². The number of nitrogens with zero attached hydrogens (tertiary/aromatic N) is 4. The number of benzene rings is 1. The molecule has 0 radical (unpaired) electrons. The lowest BCUT2D eigenvalue weighted by molar-refractivity contribution is -0.396. The third-order valence-corrected chi connectivity index (χ3v) is 3.36. The minimum absolute atomic E-state index is 0.162. The van der Waals surface area contributed by atoms with Crippen LogP contribution in [0.15, 0.2) is 32.7 Å². The lowest BCUT2D eigenvalue weighted by atomic mass is 10.3. The summed E-state index contributed by atoms with van der Waals surface area (Å²) in [6.07, 6.45) is 1.46. The fourth-order valence-corrected chi connectivity index (χ4v) is 2.32. The molecule has 2 aromatic rings. The van der Waals surface area contributed by atoms with Crippen molar-refractivity contribution in [2.45, 2.75) is 29.9 Å². The molecule has 0 aliphatic heterocycles. The average Bonchev–Trinajstić information content (AvgIpc) is 2.86. The van der Waals surface area contributed by atoms with E-state index in [0.717, 1.165) is 24.2 Å². The summed E-state index contributed by atoms with van der Waals surface area (Å²) in [6.45, 7) is 1.96. The Balaban J connectivity index is 2.29. The minimum Gasteiger partial charge on any atom is -0.416 e. The molecule has 2 rings (SSSR count). The van der Waals surface area contributed by atoms with Gasteiger partial charge in [-0.3, -0.25) is 20.2 Å². The van der Waals surface area contributed by atoms with Crippen LogP contribution in [0.2, 0.25) is 0 Å². The molecule has 0 atom stereocenters. The zero-order valence-electron chi connectivity index (χ0n) is 10.9. The van der Waals surface area contributed by atoms with Gasteiger partial charge in [0.25, 0.3) is 16.6 Å². The van der Waals surface area contributed by atoms with E-state index in [1.807, 2.05) is 6.92 Å². The average molecular weight is 310 g/mol. The molecule has 110 valence electrons. The predicted octanol–water partition coefficient (Wildman–Crippen LogP) is 2.99. The van der Waals surface area contributed by atoms with Crippen LogP contribution >= 0.6 is 11.8 Å². The van der Waals surface area contributed by atoms with Crippen LogP contribution in [0.25, 0.3) is 0 Å². The lowest BCUT2D eigenvalue weighted by Gasteiger charge is -1.99. The molecule has 0 N–H and O–H groups in total. The van der Waals surface area contributed by atoms with E-state index in [1.54, 1.807) is 0 Å². The highest BCUT2D eigenvalue weighted by atomic mass is 32.2. The quantitative estimate of drug-likeness (QED) is 0.588. The zero-order chi connectivity index (χ0) is 15.4. The summed E-state index contributed by atoms with van der Waals surface area (Å²) in [4.78, 5) is 20.5. The first-order valence-corrected chi connectivity index (χ1v) is 6.76. The predicted molar refractivity (Wildman–Crippen MR) is 72.2 cm³/mol. The molecule has 0 saturated heterocycles. The maximum atomic E-state index is 11.0. The normalized spacial score (nSPS) is 10.5. The first-order valence-electron chi connectivity index (χ1n) is 5.94. The monoisotopic (exact) mass is 310 g/mol. The van der Waals surface area contributed by atoms with Crippen molar-refractivity contribution in [1.29, 1.82) is 0 Å². The van der Waals surface area contributed by atoms with Crippen LogP contribution in [-0.2, 0) is 6.42 Å². The summed E-state index contributed by atoms with van der Waals surface area (Å²) < 4.78 is 5.32. The third-order valence-electron chi connectivity index (χ3n) is 2.46. The van der Waals surface area contributed by atoms with Crippen LogP contribution in [-0.4, -0.2) is 20.0 Å². The summed E-state index contributed by atoms with van der Waals surface area (Å²) in [5, 5.41) is 29.4. The number of nitro groups is 2. The van der Waals surface area contributed by atoms with E-state index in [9.17, 15) is 20.2 Å². The molecule has 1 aromatic carbocycles. The maximum absolute atomic E-state index is 11.0. The van der Waals surface area contributed by atoms with Crippen LogP contribution in [0, 0.1) is 20.2 Å². The van der Waals surface area contributed by atoms with E-state index in [0.29, 0.717) is 12.3 Å². The van der Waals surface area contributed by atoms with Gasteiger partial charge in [-0.2, -0.15) is 0 Å². The third kappa shape index (κ3) is 3.54. The van der Waals surface area contributed by atoms with E-state index in [2.05, 4.69) is 10.2 Å². The first-order chi connectivity index (χ1) is 10.0. The molecule has 9 nitrogen and oxygen atoms in total. The van der Waals surface area contributed by atoms with Gasteiger partial charge in [0.1, 0.15) is 0 Å². The van der Waals surface area contributed by atoms with Gasteiger partial charge in [0, 0.05) is 12.5 Å². The number of nitro benzene ring substituents is 2. The number of hydrogen-bond acceptors (Lipinski definition) is 8. The summed E-state index contributed by atoms with van der Waals surface area (Å²) in [7, 11) is 0. The molecule has 1 aromatic heterocycles. The van der Waals surface area contributed by atoms with Crippen LogP contribution < -0.4 is 0 Å². The number of aromatic nitrogens is 2. The van der Waals surface area contributed by atoms with E-state index in [4.69, 9.17) is 4.42 Å². The van der Waals surface area contributed by atoms with Gasteiger partial charge in [-0.05, 0) is 24.2 Å². The van der Waals surface area contributed by atoms with E-state index >= 15 is 0 Å². The molecule has 21 heavy (non-hydrogen) atoms. The SMILES string of the molecule is CCCc1nnc(Sc2ccc([N+](=O)[O-])cc2[N+](=O)[O-])o1. The number of aryl methyl sites for hydroxylation is 1. The van der Waals surface area contributed by atoms with Gasteiger partial charge in [-0.25, -0.2) is 0 Å². The Bertz CT molecular complexity index is 687. The van der Waals surface area contributed by atoms with Gasteiger partial charge in [0.15, 0.2) is 0 Å². The standard InChI is InChI=1S/C11H10N4O5S/c1-2-3-10-12-13-11(20-10)21-9-5-4-7(14(16)17)6-8(9)15(18)19/h4-6H,2-3H2,1H3. The first kappa shape index (κ1) is 14.9. The largest absolute Gasteiger partial charge is 0.416 e. The lowest BCUT2D eigenvalue weighted by Crippen LogP contribution is -1.94. The highest BCUT2D eigenvalue weighted by Crippen LogP contribution is 2.36. The van der Waals surface area contributed by atoms with Crippen molar-refractivity contribution in [3.8, 4) is 0 Å². The second kappa shape index (κ2) is 6.31. The zero-order valence-corrected chi connectivity index (χ0v) is 11.7. The highest BCUT2D eigenvalue weighted by Gasteiger charge is 2.21. The number of rotatable bonds is 6. The number of hydrogen-bond donors (Lipinski definition) is 0. The second-order valence-electron chi connectivity index (χ2n) is 3.98. The van der Waals surface area contributed by atoms with E-state index in [-0.39, 0.29) is 21.5 Å². The van der Waals surface area contributed by atoms with Gasteiger partial charge in [-0.15, -0.1) is 10.2 Å². The molecule has 0 aliphatic rings. The molecule has 10 heteroatoms. The molecule has 0 aliphatic carbocycles. The van der Waals surface area contributed by atoms with Crippen LogP contribution in [0.5, 0.6) is 0 Å².